The van der Waals surface area contributed by atoms with E-state index in [1.165, 1.54) is 51.4 Å². The van der Waals surface area contributed by atoms with E-state index in [9.17, 15) is 0 Å². The summed E-state index contributed by atoms with van der Waals surface area (Å²) < 4.78 is 5.44. The first kappa shape index (κ1) is 19.4. The van der Waals surface area contributed by atoms with Crippen molar-refractivity contribution in [3.8, 4) is 0 Å². The average Bonchev–Trinajstić information content (AvgIpc) is 3.02. The van der Waals surface area contributed by atoms with Crippen molar-refractivity contribution < 1.29 is 4.18 Å². The fourth-order valence-electron chi connectivity index (χ4n) is 8.87. The molecule has 0 aromatic carbocycles. The summed E-state index contributed by atoms with van der Waals surface area (Å²) in [6.07, 6.45) is 15.2. The third kappa shape index (κ3) is 2.46. The molecule has 3 saturated carbocycles. The van der Waals surface area contributed by atoms with E-state index in [1.54, 1.807) is 5.57 Å². The molecule has 0 heterocycles. The topological polar surface area (TPSA) is 9.23 Å². The van der Waals surface area contributed by atoms with Crippen LogP contribution in [0.25, 0.3) is 0 Å². The quantitative estimate of drug-likeness (QED) is 0.310. The first-order valence-corrected chi connectivity index (χ1v) is 11.7. The van der Waals surface area contributed by atoms with Gasteiger partial charge in [0, 0.05) is 0 Å². The Hall–Kier alpha value is 0.0500. The first-order valence-electron chi connectivity index (χ1n) is 11.3. The minimum absolute atomic E-state index is 0.331. The minimum atomic E-state index is 0.331. The fourth-order valence-corrected chi connectivity index (χ4v) is 9.05. The van der Waals surface area contributed by atoms with Crippen LogP contribution < -0.4 is 0 Å². The highest BCUT2D eigenvalue weighted by atomic mass is 32.1. The largest absolute Gasteiger partial charge is 0.315 e. The predicted octanol–water partition coefficient (Wildman–Crippen LogP) is 7.23. The smallest absolute Gasteiger partial charge is 0.0756 e. The lowest BCUT2D eigenvalue weighted by molar-refractivity contribution is -0.120. The van der Waals surface area contributed by atoms with Crippen molar-refractivity contribution in [2.24, 2.45) is 39.9 Å². The number of thiol groups is 1. The molecule has 0 aromatic heterocycles. The fraction of sp³-hybridized carbons (Fsp3) is 0.917. The Morgan fingerprint density at radius 2 is 1.88 bits per heavy atom. The monoisotopic (exact) mass is 376 g/mol. The molecule has 7 unspecified atom stereocenters. The van der Waals surface area contributed by atoms with Gasteiger partial charge in [0.2, 0.25) is 0 Å². The van der Waals surface area contributed by atoms with Crippen LogP contribution >= 0.6 is 12.9 Å². The zero-order chi connectivity index (χ0) is 18.7. The molecule has 26 heavy (non-hydrogen) atoms. The van der Waals surface area contributed by atoms with Gasteiger partial charge in [-0.1, -0.05) is 46.3 Å². The number of rotatable bonds is 3. The van der Waals surface area contributed by atoms with Crippen LogP contribution in [-0.4, -0.2) is 6.10 Å². The number of fused-ring (bicyclic) bond motifs is 5. The lowest BCUT2D eigenvalue weighted by Gasteiger charge is -2.64. The van der Waals surface area contributed by atoms with Gasteiger partial charge in [-0.05, 0) is 111 Å². The van der Waals surface area contributed by atoms with E-state index >= 15 is 0 Å². The SMILES string of the molecule is CCC12CCC3C4(C)CCC(OS)CC4=CCC3(C)C1CCC2C(C)C. The lowest BCUT2D eigenvalue weighted by Crippen LogP contribution is -2.56. The van der Waals surface area contributed by atoms with Crippen molar-refractivity contribution in [2.75, 3.05) is 0 Å². The van der Waals surface area contributed by atoms with E-state index in [1.807, 2.05) is 0 Å². The maximum atomic E-state index is 5.44. The molecule has 0 spiro atoms. The second-order valence-electron chi connectivity index (χ2n) is 11.0. The molecular weight excluding hydrogens is 336 g/mol. The van der Waals surface area contributed by atoms with Gasteiger partial charge in [-0.2, -0.15) is 0 Å². The maximum absolute atomic E-state index is 5.44. The van der Waals surface area contributed by atoms with Gasteiger partial charge in [-0.25, -0.2) is 0 Å². The predicted molar refractivity (Wildman–Crippen MR) is 113 cm³/mol. The molecule has 1 nitrogen and oxygen atoms in total. The summed E-state index contributed by atoms with van der Waals surface area (Å²) in [7, 11) is 0. The van der Waals surface area contributed by atoms with Crippen LogP contribution in [0.3, 0.4) is 0 Å². The molecule has 4 aliphatic carbocycles. The molecule has 148 valence electrons. The molecule has 0 amide bonds. The van der Waals surface area contributed by atoms with Gasteiger partial charge in [0.05, 0.1) is 6.10 Å². The second-order valence-corrected chi connectivity index (χ2v) is 11.2. The van der Waals surface area contributed by atoms with Gasteiger partial charge in [0.15, 0.2) is 0 Å². The Morgan fingerprint density at radius 3 is 2.54 bits per heavy atom. The third-order valence-corrected chi connectivity index (χ3v) is 10.3. The van der Waals surface area contributed by atoms with Gasteiger partial charge < -0.3 is 4.18 Å². The highest BCUT2D eigenvalue weighted by Gasteiger charge is 2.64. The van der Waals surface area contributed by atoms with Crippen molar-refractivity contribution in [3.63, 3.8) is 0 Å². The van der Waals surface area contributed by atoms with E-state index in [0.717, 1.165) is 30.1 Å². The molecular formula is C24H40OS. The van der Waals surface area contributed by atoms with Crippen molar-refractivity contribution >= 4 is 12.9 Å². The molecule has 0 N–H and O–H groups in total. The Kier molecular flexibility index (Phi) is 4.88. The van der Waals surface area contributed by atoms with Gasteiger partial charge in [0.25, 0.3) is 0 Å². The Labute approximate surface area is 167 Å². The van der Waals surface area contributed by atoms with Crippen LogP contribution in [0.2, 0.25) is 0 Å². The van der Waals surface area contributed by atoms with E-state index in [4.69, 9.17) is 4.18 Å². The van der Waals surface area contributed by atoms with Crippen LogP contribution in [0.15, 0.2) is 11.6 Å². The molecule has 0 saturated heterocycles. The van der Waals surface area contributed by atoms with Crippen molar-refractivity contribution in [3.05, 3.63) is 11.6 Å². The normalized spacial score (nSPS) is 50.8. The standard InChI is InChI=1S/C24H40OS/c1-6-24-14-11-20-22(4)13-10-18(25-26)15-17(22)9-12-23(20,5)21(24)8-7-19(24)16(2)3/h9,16,18-21,26H,6-8,10-15H2,1-5H3. The molecule has 3 fully saturated rings. The van der Waals surface area contributed by atoms with E-state index in [-0.39, 0.29) is 0 Å². The minimum Gasteiger partial charge on any atom is -0.315 e. The first-order chi connectivity index (χ1) is 12.3. The van der Waals surface area contributed by atoms with Gasteiger partial charge in [-0.3, -0.25) is 0 Å². The summed E-state index contributed by atoms with van der Waals surface area (Å²) in [5.41, 5.74) is 3.23. The summed E-state index contributed by atoms with van der Waals surface area (Å²) in [6, 6.07) is 0. The third-order valence-electron chi connectivity index (χ3n) is 10.0. The maximum Gasteiger partial charge on any atom is 0.0756 e. The van der Waals surface area contributed by atoms with Crippen LogP contribution in [0.1, 0.15) is 92.4 Å². The Morgan fingerprint density at radius 1 is 1.12 bits per heavy atom. The summed E-state index contributed by atoms with van der Waals surface area (Å²) >= 11 is 4.13. The molecule has 0 radical (unpaired) electrons. The van der Waals surface area contributed by atoms with Crippen molar-refractivity contribution in [2.45, 2.75) is 98.5 Å². The van der Waals surface area contributed by atoms with E-state index in [2.05, 4.69) is 53.6 Å². The van der Waals surface area contributed by atoms with E-state index < -0.39 is 0 Å². The summed E-state index contributed by atoms with van der Waals surface area (Å²) in [5, 5.41) is 0. The molecule has 2 heteroatoms. The molecule has 7 atom stereocenters. The molecule has 0 bridgehead atoms. The summed E-state index contributed by atoms with van der Waals surface area (Å²) in [5.74, 6) is 3.58. The Balaban J connectivity index is 1.71. The highest BCUT2D eigenvalue weighted by Crippen LogP contribution is 2.72. The second kappa shape index (κ2) is 6.55. The average molecular weight is 377 g/mol. The zero-order valence-electron chi connectivity index (χ0n) is 17.7. The van der Waals surface area contributed by atoms with Gasteiger partial charge >= 0.3 is 0 Å². The molecule has 4 aliphatic rings. The van der Waals surface area contributed by atoms with Crippen LogP contribution in [0, 0.1) is 39.9 Å². The van der Waals surface area contributed by atoms with Crippen molar-refractivity contribution in [1.29, 1.82) is 0 Å². The zero-order valence-corrected chi connectivity index (χ0v) is 18.6. The summed E-state index contributed by atoms with van der Waals surface area (Å²) in [4.78, 5) is 0. The number of hydrogen-bond donors (Lipinski definition) is 1. The summed E-state index contributed by atoms with van der Waals surface area (Å²) in [6.45, 7) is 12.8. The number of allylic oxidation sites excluding steroid dienone is 1. The lowest BCUT2D eigenvalue weighted by atomic mass is 9.41. The molecule has 0 aromatic rings. The van der Waals surface area contributed by atoms with Crippen molar-refractivity contribution in [1.82, 2.24) is 0 Å². The van der Waals surface area contributed by atoms with Crippen LogP contribution in [0.4, 0.5) is 0 Å². The van der Waals surface area contributed by atoms with E-state index in [0.29, 0.717) is 22.3 Å². The number of hydrogen-bond acceptors (Lipinski definition) is 2. The van der Waals surface area contributed by atoms with Crippen LogP contribution in [0.5, 0.6) is 0 Å². The Bertz CT molecular complexity index is 583. The highest BCUT2D eigenvalue weighted by molar-refractivity contribution is 7.75. The molecule has 4 rings (SSSR count). The molecule has 0 aliphatic heterocycles. The van der Waals surface area contributed by atoms with Gasteiger partial charge in [-0.15, -0.1) is 0 Å². The van der Waals surface area contributed by atoms with Crippen LogP contribution in [-0.2, 0) is 4.18 Å². The van der Waals surface area contributed by atoms with Gasteiger partial charge in [0.1, 0.15) is 0 Å².